The largest absolute Gasteiger partial charge is 0.478 e. The van der Waals surface area contributed by atoms with E-state index in [0.717, 1.165) is 22.3 Å². The second kappa shape index (κ2) is 11.2. The molecule has 0 aliphatic rings. The molecule has 7 nitrogen and oxygen atoms in total. The molecule has 0 aliphatic heterocycles. The van der Waals surface area contributed by atoms with Crippen LogP contribution in [0.2, 0.25) is 0 Å². The van der Waals surface area contributed by atoms with E-state index in [4.69, 9.17) is 9.47 Å². The first kappa shape index (κ1) is 25.7. The second-order valence-electron chi connectivity index (χ2n) is 9.15. The lowest BCUT2D eigenvalue weighted by Gasteiger charge is -2.21. The summed E-state index contributed by atoms with van der Waals surface area (Å²) in [5, 5.41) is 9.63. The molecular formula is C32H28N2O5. The van der Waals surface area contributed by atoms with Gasteiger partial charge in [0.05, 0.1) is 30.5 Å². The fourth-order valence-electron chi connectivity index (χ4n) is 4.62. The predicted molar refractivity (Wildman–Crippen MR) is 148 cm³/mol. The van der Waals surface area contributed by atoms with Crippen LogP contribution in [0.4, 0.5) is 0 Å². The third-order valence-corrected chi connectivity index (χ3v) is 6.50. The molecule has 0 fully saturated rings. The number of carboxylic acids is 1. The number of hydrogen-bond acceptors (Lipinski definition) is 5. The number of hydrogen-bond donors (Lipinski definition) is 1. The minimum atomic E-state index is -0.991. The van der Waals surface area contributed by atoms with Gasteiger partial charge in [-0.05, 0) is 53.8 Å². The Kier molecular flexibility index (Phi) is 7.41. The lowest BCUT2D eigenvalue weighted by molar-refractivity contribution is -0.146. The zero-order chi connectivity index (χ0) is 27.4. The molecule has 5 rings (SSSR count). The molecule has 0 saturated heterocycles. The monoisotopic (exact) mass is 520 g/mol. The van der Waals surface area contributed by atoms with Gasteiger partial charge in [0.1, 0.15) is 5.65 Å². The van der Waals surface area contributed by atoms with Gasteiger partial charge < -0.3 is 14.6 Å². The molecule has 0 spiro atoms. The topological polar surface area (TPSA) is 90.1 Å². The van der Waals surface area contributed by atoms with E-state index >= 15 is 0 Å². The van der Waals surface area contributed by atoms with Crippen molar-refractivity contribution in [2.45, 2.75) is 26.4 Å². The van der Waals surface area contributed by atoms with Crippen LogP contribution in [0.15, 0.2) is 97.2 Å². The molecule has 0 unspecified atom stereocenters. The molecule has 5 aromatic rings. The van der Waals surface area contributed by atoms with Gasteiger partial charge in [-0.3, -0.25) is 9.20 Å². The summed E-state index contributed by atoms with van der Waals surface area (Å²) < 4.78 is 13.7. The first-order valence-electron chi connectivity index (χ1n) is 12.7. The number of aromatic nitrogens is 2. The van der Waals surface area contributed by atoms with E-state index in [1.54, 1.807) is 24.4 Å². The van der Waals surface area contributed by atoms with Gasteiger partial charge in [-0.2, -0.15) is 4.98 Å². The van der Waals surface area contributed by atoms with Crippen LogP contribution < -0.4 is 4.74 Å². The number of fused-ring (bicyclic) bond motifs is 1. The van der Waals surface area contributed by atoms with E-state index in [1.807, 2.05) is 91.0 Å². The lowest BCUT2D eigenvalue weighted by Crippen LogP contribution is -2.17. The van der Waals surface area contributed by atoms with Crippen LogP contribution in [0.25, 0.3) is 16.8 Å². The molecule has 0 aliphatic carbocycles. The van der Waals surface area contributed by atoms with E-state index in [-0.39, 0.29) is 18.0 Å². The van der Waals surface area contributed by atoms with Crippen LogP contribution in [0.5, 0.6) is 5.88 Å². The molecule has 0 amide bonds. The van der Waals surface area contributed by atoms with Crippen molar-refractivity contribution >= 4 is 17.6 Å². The summed E-state index contributed by atoms with van der Waals surface area (Å²) in [6.07, 6.45) is 1.19. The van der Waals surface area contributed by atoms with Crippen molar-refractivity contribution in [1.82, 2.24) is 9.38 Å². The molecule has 2 heterocycles. The number of carbonyl (C=O) groups is 2. The number of esters is 1. The summed E-state index contributed by atoms with van der Waals surface area (Å²) in [7, 11) is 0. The zero-order valence-corrected chi connectivity index (χ0v) is 21.7. The van der Waals surface area contributed by atoms with Crippen LogP contribution >= 0.6 is 0 Å². The Morgan fingerprint density at radius 2 is 1.64 bits per heavy atom. The number of aryl methyl sites for hydroxylation is 1. The Morgan fingerprint density at radius 1 is 0.923 bits per heavy atom. The second-order valence-corrected chi connectivity index (χ2v) is 9.15. The minimum absolute atomic E-state index is 0.130. The zero-order valence-electron chi connectivity index (χ0n) is 21.7. The number of carboxylic acid groups (broad SMARTS) is 1. The van der Waals surface area contributed by atoms with Crippen molar-refractivity contribution in [1.29, 1.82) is 0 Å². The maximum atomic E-state index is 13.2. The van der Waals surface area contributed by atoms with Crippen molar-refractivity contribution in [3.63, 3.8) is 0 Å². The molecule has 196 valence electrons. The number of nitrogens with zero attached hydrogens (tertiary/aromatic N) is 2. The van der Waals surface area contributed by atoms with Crippen LogP contribution in [-0.2, 0) is 16.0 Å². The third-order valence-electron chi connectivity index (χ3n) is 6.50. The number of imidazole rings is 1. The van der Waals surface area contributed by atoms with Crippen LogP contribution in [0.1, 0.15) is 45.8 Å². The fourth-order valence-corrected chi connectivity index (χ4v) is 4.62. The Balaban J connectivity index is 1.56. The highest BCUT2D eigenvalue weighted by atomic mass is 16.5. The Hall–Kier alpha value is -4.91. The van der Waals surface area contributed by atoms with Gasteiger partial charge in [-0.1, -0.05) is 78.9 Å². The fraction of sp³-hybridized carbons (Fsp3) is 0.156. The van der Waals surface area contributed by atoms with Gasteiger partial charge in [0.2, 0.25) is 5.88 Å². The Morgan fingerprint density at radius 3 is 2.36 bits per heavy atom. The smallest absolute Gasteiger partial charge is 0.336 e. The maximum absolute atomic E-state index is 13.2. The predicted octanol–water partition coefficient (Wildman–Crippen LogP) is 6.28. The highest BCUT2D eigenvalue weighted by Gasteiger charge is 2.24. The molecule has 0 bridgehead atoms. The van der Waals surface area contributed by atoms with Crippen molar-refractivity contribution in [2.75, 3.05) is 6.61 Å². The summed E-state index contributed by atoms with van der Waals surface area (Å²) in [6, 6.07) is 27.6. The first-order valence-corrected chi connectivity index (χ1v) is 12.7. The summed E-state index contributed by atoms with van der Waals surface area (Å²) in [4.78, 5) is 29.5. The van der Waals surface area contributed by atoms with Gasteiger partial charge >= 0.3 is 11.9 Å². The quantitative estimate of drug-likeness (QED) is 0.230. The van der Waals surface area contributed by atoms with Gasteiger partial charge in [0.15, 0.2) is 6.10 Å². The highest BCUT2D eigenvalue weighted by Crippen LogP contribution is 2.32. The highest BCUT2D eigenvalue weighted by molar-refractivity contribution is 5.96. The van der Waals surface area contributed by atoms with E-state index in [9.17, 15) is 14.7 Å². The van der Waals surface area contributed by atoms with Crippen molar-refractivity contribution in [3.8, 4) is 17.0 Å². The number of benzene rings is 3. The van der Waals surface area contributed by atoms with E-state index < -0.39 is 12.1 Å². The van der Waals surface area contributed by atoms with E-state index in [0.29, 0.717) is 29.4 Å². The maximum Gasteiger partial charge on any atom is 0.336 e. The van der Waals surface area contributed by atoms with Gasteiger partial charge in [-0.25, -0.2) is 4.79 Å². The molecule has 39 heavy (non-hydrogen) atoms. The number of carbonyl (C=O) groups excluding carboxylic acids is 1. The van der Waals surface area contributed by atoms with Crippen molar-refractivity contribution in [2.24, 2.45) is 0 Å². The third kappa shape index (κ3) is 5.52. The average molecular weight is 521 g/mol. The minimum Gasteiger partial charge on any atom is -0.478 e. The molecule has 1 atom stereocenters. The standard InChI is InChI=1S/C32H28N2O5/c1-3-38-28-20-34-27(18-13-21(2)31(34)33-28)30(39-29(35)19-22-9-5-4-6-10-22)24-16-14-23(15-17-24)25-11-7-8-12-26(25)32(36)37/h4-18,20,30H,3,19H2,1-2H3,(H,36,37)/t30-/m1/s1. The molecule has 1 N–H and O–H groups in total. The molecule has 0 radical (unpaired) electrons. The Labute approximate surface area is 226 Å². The van der Waals surface area contributed by atoms with Gasteiger partial charge in [0.25, 0.3) is 0 Å². The molecule has 2 aromatic heterocycles. The van der Waals surface area contributed by atoms with E-state index in [2.05, 4.69) is 4.98 Å². The average Bonchev–Trinajstić information content (AvgIpc) is 3.38. The van der Waals surface area contributed by atoms with Crippen molar-refractivity contribution in [3.05, 3.63) is 125 Å². The number of ether oxygens (including phenoxy) is 2. The molecular weight excluding hydrogens is 492 g/mol. The van der Waals surface area contributed by atoms with E-state index in [1.165, 1.54) is 0 Å². The van der Waals surface area contributed by atoms with Crippen LogP contribution in [-0.4, -0.2) is 33.0 Å². The van der Waals surface area contributed by atoms with Crippen LogP contribution in [0, 0.1) is 6.92 Å². The number of rotatable bonds is 9. The number of pyridine rings is 1. The summed E-state index contributed by atoms with van der Waals surface area (Å²) in [6.45, 7) is 4.34. The summed E-state index contributed by atoms with van der Waals surface area (Å²) in [5.74, 6) is -0.872. The van der Waals surface area contributed by atoms with Gasteiger partial charge in [-0.15, -0.1) is 0 Å². The molecule has 3 aromatic carbocycles. The first-order chi connectivity index (χ1) is 18.9. The Bertz CT molecular complexity index is 1620. The van der Waals surface area contributed by atoms with Crippen molar-refractivity contribution < 1.29 is 24.2 Å². The van der Waals surface area contributed by atoms with Crippen LogP contribution in [0.3, 0.4) is 0 Å². The number of aromatic carboxylic acids is 1. The molecule has 0 saturated carbocycles. The lowest BCUT2D eigenvalue weighted by atomic mass is 9.96. The molecule has 7 heteroatoms. The van der Waals surface area contributed by atoms with Gasteiger partial charge in [0, 0.05) is 0 Å². The SMILES string of the molecule is CCOc1cn2c([C@H](OC(=O)Cc3ccccc3)c3ccc(-c4ccccc4C(=O)O)cc3)ccc(C)c2n1. The summed E-state index contributed by atoms with van der Waals surface area (Å²) in [5.41, 5.74) is 5.57. The normalized spacial score (nSPS) is 11.7. The summed E-state index contributed by atoms with van der Waals surface area (Å²) >= 11 is 0.